The SMILES string of the molecule is CN1C(=O)CC(N2CCN(c3cc4c(nn3)CCC4)CC2)NC1=O. The third-order valence-electron chi connectivity index (χ3n) is 5.22. The number of rotatable bonds is 2. The van der Waals surface area contributed by atoms with Gasteiger partial charge in [0.1, 0.15) is 0 Å². The van der Waals surface area contributed by atoms with E-state index in [2.05, 4.69) is 31.4 Å². The number of carbonyl (C=O) groups is 2. The molecule has 8 nitrogen and oxygen atoms in total. The van der Waals surface area contributed by atoms with Crippen LogP contribution in [0.25, 0.3) is 0 Å². The highest BCUT2D eigenvalue weighted by molar-refractivity contribution is 5.96. The molecule has 3 amide bonds. The van der Waals surface area contributed by atoms with Crippen LogP contribution in [0, 0.1) is 0 Å². The molecule has 1 aromatic heterocycles. The molecular weight excluding hydrogens is 308 g/mol. The van der Waals surface area contributed by atoms with Gasteiger partial charge in [-0.05, 0) is 30.9 Å². The van der Waals surface area contributed by atoms with Gasteiger partial charge in [-0.2, -0.15) is 5.10 Å². The van der Waals surface area contributed by atoms with Crippen LogP contribution < -0.4 is 10.2 Å². The Balaban J connectivity index is 1.38. The lowest BCUT2D eigenvalue weighted by atomic mass is 10.2. The molecule has 0 spiro atoms. The molecule has 2 fully saturated rings. The zero-order chi connectivity index (χ0) is 16.7. The number of nitrogens with one attached hydrogen (secondary N) is 1. The first-order valence-corrected chi connectivity index (χ1v) is 8.53. The second-order valence-electron chi connectivity index (χ2n) is 6.67. The third kappa shape index (κ3) is 2.71. The number of imide groups is 1. The summed E-state index contributed by atoms with van der Waals surface area (Å²) in [5.41, 5.74) is 2.47. The molecule has 1 aromatic rings. The smallest absolute Gasteiger partial charge is 0.325 e. The van der Waals surface area contributed by atoms with E-state index < -0.39 is 0 Å². The van der Waals surface area contributed by atoms with Gasteiger partial charge in [-0.25, -0.2) is 4.79 Å². The second-order valence-corrected chi connectivity index (χ2v) is 6.67. The van der Waals surface area contributed by atoms with E-state index >= 15 is 0 Å². The minimum absolute atomic E-state index is 0.129. The van der Waals surface area contributed by atoms with Crippen molar-refractivity contribution in [3.05, 3.63) is 17.3 Å². The van der Waals surface area contributed by atoms with E-state index in [1.807, 2.05) is 0 Å². The van der Waals surface area contributed by atoms with Crippen molar-refractivity contribution < 1.29 is 9.59 Å². The van der Waals surface area contributed by atoms with E-state index in [9.17, 15) is 9.59 Å². The highest BCUT2D eigenvalue weighted by Gasteiger charge is 2.34. The van der Waals surface area contributed by atoms with Gasteiger partial charge in [0.05, 0.1) is 18.3 Å². The summed E-state index contributed by atoms with van der Waals surface area (Å²) in [5, 5.41) is 11.6. The van der Waals surface area contributed by atoms with Crippen LogP contribution in [0.15, 0.2) is 6.07 Å². The predicted molar refractivity (Wildman–Crippen MR) is 87.5 cm³/mol. The Hall–Kier alpha value is -2.22. The average molecular weight is 330 g/mol. The first-order valence-electron chi connectivity index (χ1n) is 8.53. The molecule has 2 aliphatic heterocycles. The Labute approximate surface area is 140 Å². The molecule has 1 unspecified atom stereocenters. The summed E-state index contributed by atoms with van der Waals surface area (Å²) in [6, 6.07) is 1.86. The topological polar surface area (TPSA) is 81.7 Å². The van der Waals surface area contributed by atoms with Crippen molar-refractivity contribution in [2.75, 3.05) is 38.1 Å². The molecule has 0 aromatic carbocycles. The van der Waals surface area contributed by atoms with E-state index in [0.717, 1.165) is 55.4 Å². The Morgan fingerprint density at radius 2 is 1.92 bits per heavy atom. The number of amides is 3. The molecule has 2 saturated heterocycles. The monoisotopic (exact) mass is 330 g/mol. The quantitative estimate of drug-likeness (QED) is 0.821. The predicted octanol–water partition coefficient (Wildman–Crippen LogP) is -0.0149. The number of anilines is 1. The number of carbonyl (C=O) groups excluding carboxylic acids is 2. The van der Waals surface area contributed by atoms with Crippen LogP contribution in [0.5, 0.6) is 0 Å². The summed E-state index contributed by atoms with van der Waals surface area (Å²) in [6.07, 6.45) is 3.45. The van der Waals surface area contributed by atoms with Gasteiger partial charge in [-0.15, -0.1) is 5.10 Å². The molecule has 8 heteroatoms. The van der Waals surface area contributed by atoms with E-state index in [4.69, 9.17) is 0 Å². The molecule has 4 rings (SSSR count). The van der Waals surface area contributed by atoms with Gasteiger partial charge in [0.15, 0.2) is 5.82 Å². The average Bonchev–Trinajstić information content (AvgIpc) is 3.07. The molecular formula is C16H22N6O2. The lowest BCUT2D eigenvalue weighted by molar-refractivity contribution is -0.130. The highest BCUT2D eigenvalue weighted by Crippen LogP contribution is 2.24. The maximum atomic E-state index is 11.9. The molecule has 1 aliphatic carbocycles. The number of nitrogens with zero attached hydrogens (tertiary/aromatic N) is 5. The highest BCUT2D eigenvalue weighted by atomic mass is 16.2. The van der Waals surface area contributed by atoms with E-state index in [1.165, 1.54) is 19.0 Å². The Morgan fingerprint density at radius 3 is 2.67 bits per heavy atom. The van der Waals surface area contributed by atoms with Gasteiger partial charge in [0, 0.05) is 33.2 Å². The standard InChI is InChI=1S/C16H22N6O2/c1-20-15(23)10-13(17-16(20)24)21-5-7-22(8-6-21)14-9-11-3-2-4-12(11)18-19-14/h9,13H,2-8,10H2,1H3,(H,17,24). The van der Waals surface area contributed by atoms with Gasteiger partial charge < -0.3 is 10.2 Å². The lowest BCUT2D eigenvalue weighted by Gasteiger charge is -2.41. The van der Waals surface area contributed by atoms with Gasteiger partial charge in [0.2, 0.25) is 5.91 Å². The fourth-order valence-electron chi connectivity index (χ4n) is 3.66. The van der Waals surface area contributed by atoms with Crippen molar-refractivity contribution in [2.45, 2.75) is 31.8 Å². The van der Waals surface area contributed by atoms with E-state index in [-0.39, 0.29) is 18.1 Å². The first-order chi connectivity index (χ1) is 11.6. The zero-order valence-corrected chi connectivity index (χ0v) is 13.9. The third-order valence-corrected chi connectivity index (χ3v) is 5.22. The van der Waals surface area contributed by atoms with Gasteiger partial charge in [-0.1, -0.05) is 0 Å². The minimum Gasteiger partial charge on any atom is -0.353 e. The van der Waals surface area contributed by atoms with Crippen molar-refractivity contribution in [1.82, 2.24) is 25.3 Å². The van der Waals surface area contributed by atoms with E-state index in [1.54, 1.807) is 0 Å². The summed E-state index contributed by atoms with van der Waals surface area (Å²) in [5.74, 6) is 0.814. The fraction of sp³-hybridized carbons (Fsp3) is 0.625. The van der Waals surface area contributed by atoms with Crippen LogP contribution in [-0.4, -0.2) is 71.3 Å². The van der Waals surface area contributed by atoms with Crippen LogP contribution in [0.4, 0.5) is 10.6 Å². The molecule has 3 aliphatic rings. The minimum atomic E-state index is -0.317. The van der Waals surface area contributed by atoms with Crippen molar-refractivity contribution in [1.29, 1.82) is 0 Å². The first kappa shape index (κ1) is 15.3. The molecule has 24 heavy (non-hydrogen) atoms. The van der Waals surface area contributed by atoms with Crippen LogP contribution in [0.1, 0.15) is 24.1 Å². The number of piperazine rings is 1. The number of urea groups is 1. The molecule has 3 heterocycles. The Kier molecular flexibility index (Phi) is 3.84. The number of fused-ring (bicyclic) bond motifs is 1. The maximum absolute atomic E-state index is 11.9. The van der Waals surface area contributed by atoms with Gasteiger partial charge >= 0.3 is 6.03 Å². The summed E-state index contributed by atoms with van der Waals surface area (Å²) in [4.78, 5) is 29.2. The number of hydrogen-bond acceptors (Lipinski definition) is 6. The summed E-state index contributed by atoms with van der Waals surface area (Å²) in [7, 11) is 1.51. The van der Waals surface area contributed by atoms with Crippen molar-refractivity contribution in [3.8, 4) is 0 Å². The van der Waals surface area contributed by atoms with Gasteiger partial charge in [0.25, 0.3) is 0 Å². The molecule has 1 atom stereocenters. The summed E-state index contributed by atoms with van der Waals surface area (Å²) in [6.45, 7) is 3.23. The molecule has 0 saturated carbocycles. The molecule has 0 bridgehead atoms. The fourth-order valence-corrected chi connectivity index (χ4v) is 3.66. The Morgan fingerprint density at radius 1 is 1.12 bits per heavy atom. The molecule has 128 valence electrons. The lowest BCUT2D eigenvalue weighted by Crippen LogP contribution is -2.62. The normalized spacial score (nSPS) is 25.0. The Bertz CT molecular complexity index is 653. The van der Waals surface area contributed by atoms with Gasteiger partial charge in [-0.3, -0.25) is 14.6 Å². The maximum Gasteiger partial charge on any atom is 0.325 e. The largest absolute Gasteiger partial charge is 0.353 e. The van der Waals surface area contributed by atoms with Crippen LogP contribution in [0.2, 0.25) is 0 Å². The van der Waals surface area contributed by atoms with Crippen LogP contribution in [0.3, 0.4) is 0 Å². The van der Waals surface area contributed by atoms with Crippen LogP contribution >= 0.6 is 0 Å². The van der Waals surface area contributed by atoms with E-state index in [0.29, 0.717) is 6.42 Å². The van der Waals surface area contributed by atoms with Crippen LogP contribution in [-0.2, 0) is 17.6 Å². The number of aromatic nitrogens is 2. The van der Waals surface area contributed by atoms with Crippen molar-refractivity contribution >= 4 is 17.8 Å². The van der Waals surface area contributed by atoms with Crippen molar-refractivity contribution in [3.63, 3.8) is 0 Å². The molecule has 1 N–H and O–H groups in total. The number of aryl methyl sites for hydroxylation is 2. The summed E-state index contributed by atoms with van der Waals surface area (Å²) >= 11 is 0. The second kappa shape index (κ2) is 6.01. The number of hydrogen-bond donors (Lipinski definition) is 1. The van der Waals surface area contributed by atoms with Crippen molar-refractivity contribution in [2.24, 2.45) is 0 Å². The molecule has 0 radical (unpaired) electrons. The zero-order valence-electron chi connectivity index (χ0n) is 13.9. The summed E-state index contributed by atoms with van der Waals surface area (Å²) < 4.78 is 0.